The van der Waals surface area contributed by atoms with Gasteiger partial charge in [-0.05, 0) is 11.4 Å². The molecule has 1 aliphatic rings. The first-order valence-electron chi connectivity index (χ1n) is 10.1. The standard InChI is InChI=1S/C13H12O2/c1-2-6-12-10(4-1)5-3-7-13(12)15-9-11-8-14-11/h1-7,11H,8-9H2/i1D,2D,3D,4D,5D,6D,7D,8D2,9D2,11D. The Bertz CT molecular complexity index is 980. The van der Waals surface area contributed by atoms with Crippen LogP contribution in [-0.4, -0.2) is 19.2 Å². The molecule has 0 spiro atoms. The molecule has 0 bridgehead atoms. The van der Waals surface area contributed by atoms with E-state index in [0.29, 0.717) is 0 Å². The Kier molecular flexibility index (Phi) is 0.656. The van der Waals surface area contributed by atoms with Crippen LogP contribution in [0.1, 0.15) is 16.4 Å². The Balaban J connectivity index is 2.34. The van der Waals surface area contributed by atoms with Crippen LogP contribution in [0.3, 0.4) is 0 Å². The minimum Gasteiger partial charge on any atom is -0.490 e. The Morgan fingerprint density at radius 3 is 3.13 bits per heavy atom. The lowest BCUT2D eigenvalue weighted by molar-refractivity contribution is 0.265. The highest BCUT2D eigenvalue weighted by Crippen LogP contribution is 2.25. The number of rotatable bonds is 3. The summed E-state index contributed by atoms with van der Waals surface area (Å²) in [6.45, 7) is -5.83. The topological polar surface area (TPSA) is 21.8 Å². The Hall–Kier alpha value is -1.54. The summed E-state index contributed by atoms with van der Waals surface area (Å²) in [7, 11) is 0. The fourth-order valence-electron chi connectivity index (χ4n) is 1.03. The van der Waals surface area contributed by atoms with Crippen LogP contribution in [0.5, 0.6) is 5.75 Å². The molecule has 2 nitrogen and oxygen atoms in total. The van der Waals surface area contributed by atoms with E-state index < -0.39 is 78.0 Å². The average Bonchev–Trinajstić information content (AvgIpc) is 3.11. The molecule has 3 rings (SSSR count). The average molecular weight is 212 g/mol. The predicted octanol–water partition coefficient (Wildman–Crippen LogP) is 2.62. The predicted molar refractivity (Wildman–Crippen MR) is 59.2 cm³/mol. The molecule has 1 atom stereocenters. The summed E-state index contributed by atoms with van der Waals surface area (Å²) in [6.07, 6.45) is -2.77. The van der Waals surface area contributed by atoms with E-state index in [9.17, 15) is 0 Å². The number of benzene rings is 2. The minimum absolute atomic E-state index is 0.438. The molecule has 2 heteroatoms. The van der Waals surface area contributed by atoms with E-state index in [2.05, 4.69) is 4.74 Å². The van der Waals surface area contributed by atoms with E-state index in [4.69, 9.17) is 21.2 Å². The molecule has 15 heavy (non-hydrogen) atoms. The second-order valence-corrected chi connectivity index (χ2v) is 2.69. The van der Waals surface area contributed by atoms with Gasteiger partial charge in [0, 0.05) is 5.39 Å². The van der Waals surface area contributed by atoms with Crippen LogP contribution in [-0.2, 0) is 4.74 Å². The van der Waals surface area contributed by atoms with Gasteiger partial charge in [0.05, 0.1) is 23.0 Å². The zero-order valence-electron chi connectivity index (χ0n) is 19.3. The number of fused-ring (bicyclic) bond motifs is 1. The van der Waals surface area contributed by atoms with Crippen LogP contribution in [0.15, 0.2) is 42.3 Å². The van der Waals surface area contributed by atoms with Crippen LogP contribution in [0.2, 0.25) is 0 Å². The third-order valence-corrected chi connectivity index (χ3v) is 1.73. The van der Waals surface area contributed by atoms with E-state index in [-0.39, 0.29) is 0 Å². The summed E-state index contributed by atoms with van der Waals surface area (Å²) in [6, 6.07) is -5.01. The van der Waals surface area contributed by atoms with Crippen molar-refractivity contribution in [3.8, 4) is 5.75 Å². The molecule has 1 heterocycles. The van der Waals surface area contributed by atoms with Gasteiger partial charge in [0.2, 0.25) is 0 Å². The maximum Gasteiger partial charge on any atom is 0.127 e. The van der Waals surface area contributed by atoms with Gasteiger partial charge in [0.1, 0.15) is 18.4 Å². The molecule has 2 aromatic carbocycles. The van der Waals surface area contributed by atoms with Crippen molar-refractivity contribution >= 4 is 10.8 Å². The molecule has 1 aliphatic heterocycles. The molecule has 0 aliphatic carbocycles. The molecule has 1 saturated heterocycles. The third kappa shape index (κ3) is 1.81. The van der Waals surface area contributed by atoms with Gasteiger partial charge in [-0.15, -0.1) is 0 Å². The molecule has 0 aromatic heterocycles. The highest BCUT2D eigenvalue weighted by atomic mass is 16.6. The van der Waals surface area contributed by atoms with Gasteiger partial charge in [-0.2, -0.15) is 0 Å². The zero-order valence-corrected chi connectivity index (χ0v) is 7.32. The van der Waals surface area contributed by atoms with Gasteiger partial charge in [0.25, 0.3) is 0 Å². The maximum absolute atomic E-state index is 8.01. The lowest BCUT2D eigenvalue weighted by Crippen LogP contribution is -2.04. The first-order chi connectivity index (χ1) is 12.2. The van der Waals surface area contributed by atoms with Gasteiger partial charge >= 0.3 is 0 Å². The summed E-state index contributed by atoms with van der Waals surface area (Å²) in [5.41, 5.74) is 0. The Morgan fingerprint density at radius 1 is 1.47 bits per heavy atom. The fourth-order valence-corrected chi connectivity index (χ4v) is 1.03. The normalized spacial score (nSPS) is 39.7. The fraction of sp³-hybridized carbons (Fsp3) is 0.231. The van der Waals surface area contributed by atoms with Crippen molar-refractivity contribution in [2.45, 2.75) is 6.08 Å². The van der Waals surface area contributed by atoms with Gasteiger partial charge in [-0.3, -0.25) is 0 Å². The van der Waals surface area contributed by atoms with Crippen LogP contribution < -0.4 is 4.74 Å². The highest BCUT2D eigenvalue weighted by Gasteiger charge is 2.23. The number of hydrogen-bond acceptors (Lipinski definition) is 2. The molecule has 2 aromatic rings. The van der Waals surface area contributed by atoms with Gasteiger partial charge in [0.15, 0.2) is 0 Å². The zero-order chi connectivity index (χ0) is 20.7. The van der Waals surface area contributed by atoms with E-state index in [1.54, 1.807) is 0 Å². The quantitative estimate of drug-likeness (QED) is 0.729. The van der Waals surface area contributed by atoms with Gasteiger partial charge in [-0.25, -0.2) is 0 Å². The molecule has 0 amide bonds. The molecule has 0 radical (unpaired) electrons. The largest absolute Gasteiger partial charge is 0.490 e. The van der Waals surface area contributed by atoms with Crippen molar-refractivity contribution in [2.75, 3.05) is 13.1 Å². The SMILES string of the molecule is [2H]c1c([2H])c([2H])c2c(OC([2H])([2H])C3([2H])OC3([2H])[2H])c([2H])c([2H])c([2H])c2c1[2H]. The molecule has 1 fully saturated rings. The van der Waals surface area contributed by atoms with Crippen molar-refractivity contribution in [1.29, 1.82) is 0 Å². The number of hydrogen-bond donors (Lipinski definition) is 0. The maximum atomic E-state index is 8.01. The first kappa shape index (κ1) is 2.77. The third-order valence-electron chi connectivity index (χ3n) is 1.73. The van der Waals surface area contributed by atoms with Crippen molar-refractivity contribution in [3.63, 3.8) is 0 Å². The monoisotopic (exact) mass is 212 g/mol. The van der Waals surface area contributed by atoms with Crippen LogP contribution >= 0.6 is 0 Å². The number of ether oxygens (including phenoxy) is 2. The second-order valence-electron chi connectivity index (χ2n) is 2.69. The molecule has 0 N–H and O–H groups in total. The lowest BCUT2D eigenvalue weighted by atomic mass is 10.1. The van der Waals surface area contributed by atoms with Gasteiger partial charge < -0.3 is 9.47 Å². The minimum atomic E-state index is -3.16. The second kappa shape index (κ2) is 3.55. The smallest absolute Gasteiger partial charge is 0.127 e. The van der Waals surface area contributed by atoms with Crippen LogP contribution in [0.4, 0.5) is 0 Å². The van der Waals surface area contributed by atoms with Crippen molar-refractivity contribution in [3.05, 3.63) is 42.3 Å². The van der Waals surface area contributed by atoms with E-state index >= 15 is 0 Å². The molecule has 1 unspecified atom stereocenters. The number of epoxide rings is 1. The van der Waals surface area contributed by atoms with Crippen molar-refractivity contribution < 1.29 is 25.9 Å². The van der Waals surface area contributed by atoms with Crippen LogP contribution in [0, 0.1) is 0 Å². The highest BCUT2D eigenvalue weighted by molar-refractivity contribution is 5.88. The van der Waals surface area contributed by atoms with Gasteiger partial charge in [-0.1, -0.05) is 36.3 Å². The van der Waals surface area contributed by atoms with Crippen LogP contribution in [0.25, 0.3) is 10.8 Å². The first-order valence-corrected chi connectivity index (χ1v) is 4.07. The summed E-state index contributed by atoms with van der Waals surface area (Å²) < 4.78 is 103. The van der Waals surface area contributed by atoms with Crippen molar-refractivity contribution in [1.82, 2.24) is 0 Å². The molecular weight excluding hydrogens is 188 g/mol. The van der Waals surface area contributed by atoms with E-state index in [1.165, 1.54) is 0 Å². The van der Waals surface area contributed by atoms with E-state index in [0.717, 1.165) is 0 Å². The Labute approximate surface area is 105 Å². The summed E-state index contributed by atoms with van der Waals surface area (Å²) in [5.74, 6) is -0.791. The summed E-state index contributed by atoms with van der Waals surface area (Å²) >= 11 is 0. The summed E-state index contributed by atoms with van der Waals surface area (Å²) in [4.78, 5) is 0. The summed E-state index contributed by atoms with van der Waals surface area (Å²) in [5, 5.41) is -0.938. The molecule has 0 saturated carbocycles. The van der Waals surface area contributed by atoms with E-state index in [1.807, 2.05) is 0 Å². The Morgan fingerprint density at radius 2 is 2.27 bits per heavy atom. The lowest BCUT2D eigenvalue weighted by Gasteiger charge is -2.07. The molecular formula is C13H12O2. The molecule has 76 valence electrons. The van der Waals surface area contributed by atoms with Crippen molar-refractivity contribution in [2.24, 2.45) is 0 Å².